The first kappa shape index (κ1) is 13.9. The van der Waals surface area contributed by atoms with Crippen molar-refractivity contribution in [3.8, 4) is 0 Å². The highest BCUT2D eigenvalue weighted by Gasteiger charge is 2.18. The molecule has 0 aromatic heterocycles. The Bertz CT molecular complexity index is 665. The second-order valence-electron chi connectivity index (χ2n) is 4.29. The summed E-state index contributed by atoms with van der Waals surface area (Å²) in [6.07, 6.45) is 0. The Morgan fingerprint density at radius 3 is 2.75 bits per heavy atom. The van der Waals surface area contributed by atoms with Gasteiger partial charge >= 0.3 is 5.97 Å². The predicted octanol–water partition coefficient (Wildman–Crippen LogP) is 2.87. The minimum absolute atomic E-state index is 0.216. The highest BCUT2D eigenvalue weighted by molar-refractivity contribution is 5.85. The lowest BCUT2D eigenvalue weighted by Crippen LogP contribution is -2.30. The van der Waals surface area contributed by atoms with Gasteiger partial charge in [-0.3, -0.25) is 4.79 Å². The van der Waals surface area contributed by atoms with Crippen molar-refractivity contribution >= 4 is 16.7 Å². The smallest absolute Gasteiger partial charge is 0.325 e. The summed E-state index contributed by atoms with van der Waals surface area (Å²) in [5.74, 6) is -0.957. The quantitative estimate of drug-likeness (QED) is 0.365. The third-order valence-corrected chi connectivity index (χ3v) is 2.98. The fraction of sp³-hybridized carbons (Fsp3) is 0.214. The molecule has 0 aliphatic heterocycles. The lowest BCUT2D eigenvalue weighted by molar-refractivity contribution is -0.139. The van der Waals surface area contributed by atoms with Gasteiger partial charge in [0.05, 0.1) is 0 Å². The van der Waals surface area contributed by atoms with Crippen molar-refractivity contribution in [2.45, 2.75) is 6.04 Å². The van der Waals surface area contributed by atoms with Crippen LogP contribution in [-0.4, -0.2) is 24.2 Å². The number of carbonyl (C=O) groups is 1. The molecule has 0 amide bonds. The molecule has 0 saturated carbocycles. The normalized spacial score (nSPS) is 11.8. The molecule has 0 aliphatic rings. The maximum Gasteiger partial charge on any atom is 0.325 e. The number of hydrogen-bond donors (Lipinski definition) is 2. The molecule has 6 heteroatoms. The van der Waals surface area contributed by atoms with Crippen LogP contribution in [0.3, 0.4) is 0 Å². The topological polar surface area (TPSA) is 98.1 Å². The highest BCUT2D eigenvalue weighted by atomic mass is 16.4. The lowest BCUT2D eigenvalue weighted by Gasteiger charge is -2.14. The third-order valence-electron chi connectivity index (χ3n) is 2.98. The number of nitrogens with zero attached hydrogens (tertiary/aromatic N) is 3. The second kappa shape index (κ2) is 6.56. The van der Waals surface area contributed by atoms with Crippen molar-refractivity contribution in [2.75, 3.05) is 13.1 Å². The van der Waals surface area contributed by atoms with E-state index in [2.05, 4.69) is 15.3 Å². The summed E-state index contributed by atoms with van der Waals surface area (Å²) in [5.41, 5.74) is 8.87. The van der Waals surface area contributed by atoms with Crippen LogP contribution < -0.4 is 5.32 Å². The molecule has 0 saturated heterocycles. The molecule has 0 fully saturated rings. The Hall–Kier alpha value is -2.56. The Labute approximate surface area is 115 Å². The molecule has 102 valence electrons. The zero-order valence-electron chi connectivity index (χ0n) is 10.7. The van der Waals surface area contributed by atoms with Crippen molar-refractivity contribution in [1.29, 1.82) is 0 Å². The van der Waals surface area contributed by atoms with E-state index in [9.17, 15) is 9.90 Å². The standard InChI is InChI=1S/C14H14N4O2/c15-18-17-8-7-16-13(14(19)20)12-6-5-10-3-1-2-4-11(10)9-12/h1-6,9,13,16H,7-8H2,(H,19,20). The van der Waals surface area contributed by atoms with Crippen LogP contribution in [0, 0.1) is 0 Å². The van der Waals surface area contributed by atoms with E-state index < -0.39 is 12.0 Å². The van der Waals surface area contributed by atoms with Gasteiger partial charge in [-0.05, 0) is 27.9 Å². The van der Waals surface area contributed by atoms with Crippen LogP contribution in [0.4, 0.5) is 0 Å². The molecule has 1 atom stereocenters. The third kappa shape index (κ3) is 3.26. The van der Waals surface area contributed by atoms with Crippen LogP contribution >= 0.6 is 0 Å². The average Bonchev–Trinajstić information content (AvgIpc) is 2.46. The van der Waals surface area contributed by atoms with E-state index in [4.69, 9.17) is 5.53 Å². The maximum absolute atomic E-state index is 11.3. The van der Waals surface area contributed by atoms with E-state index in [0.29, 0.717) is 12.1 Å². The molecule has 0 bridgehead atoms. The summed E-state index contributed by atoms with van der Waals surface area (Å²) < 4.78 is 0. The molecule has 6 nitrogen and oxygen atoms in total. The Morgan fingerprint density at radius 1 is 1.30 bits per heavy atom. The molecule has 2 aromatic carbocycles. The molecule has 2 N–H and O–H groups in total. The molecule has 0 heterocycles. The summed E-state index contributed by atoms with van der Waals surface area (Å²) >= 11 is 0. The average molecular weight is 270 g/mol. The van der Waals surface area contributed by atoms with Crippen LogP contribution in [0.5, 0.6) is 0 Å². The van der Waals surface area contributed by atoms with E-state index in [-0.39, 0.29) is 6.54 Å². The number of benzene rings is 2. The van der Waals surface area contributed by atoms with Crippen LogP contribution in [0.2, 0.25) is 0 Å². The molecule has 2 rings (SSSR count). The largest absolute Gasteiger partial charge is 0.480 e. The minimum atomic E-state index is -0.957. The van der Waals surface area contributed by atoms with Gasteiger partial charge in [0.15, 0.2) is 0 Å². The van der Waals surface area contributed by atoms with Crippen LogP contribution in [0.25, 0.3) is 21.2 Å². The summed E-state index contributed by atoms with van der Waals surface area (Å²) in [7, 11) is 0. The van der Waals surface area contributed by atoms with Crippen LogP contribution in [0.1, 0.15) is 11.6 Å². The zero-order chi connectivity index (χ0) is 14.4. The molecule has 20 heavy (non-hydrogen) atoms. The van der Waals surface area contributed by atoms with Gasteiger partial charge in [-0.15, -0.1) is 0 Å². The van der Waals surface area contributed by atoms with Gasteiger partial charge in [0, 0.05) is 18.0 Å². The Morgan fingerprint density at radius 2 is 2.05 bits per heavy atom. The summed E-state index contributed by atoms with van der Waals surface area (Å²) in [4.78, 5) is 14.0. The SMILES string of the molecule is [N-]=[N+]=NCCNC(C(=O)O)c1ccc2ccccc2c1. The maximum atomic E-state index is 11.3. The number of aliphatic carboxylic acids is 1. The number of carboxylic acids is 1. The fourth-order valence-corrected chi connectivity index (χ4v) is 2.04. The molecular weight excluding hydrogens is 256 g/mol. The van der Waals surface area contributed by atoms with Gasteiger partial charge in [0.2, 0.25) is 0 Å². The summed E-state index contributed by atoms with van der Waals surface area (Å²) in [5, 5.41) is 17.6. The van der Waals surface area contributed by atoms with E-state index in [1.54, 1.807) is 6.07 Å². The van der Waals surface area contributed by atoms with Gasteiger partial charge in [0.1, 0.15) is 6.04 Å². The zero-order valence-corrected chi connectivity index (χ0v) is 10.7. The van der Waals surface area contributed by atoms with E-state index >= 15 is 0 Å². The number of azide groups is 1. The first-order valence-corrected chi connectivity index (χ1v) is 6.18. The summed E-state index contributed by atoms with van der Waals surface area (Å²) in [6.45, 7) is 0.529. The number of carboxylic acid groups (broad SMARTS) is 1. The highest BCUT2D eigenvalue weighted by Crippen LogP contribution is 2.20. The van der Waals surface area contributed by atoms with E-state index in [0.717, 1.165) is 10.8 Å². The van der Waals surface area contributed by atoms with Crippen LogP contribution in [-0.2, 0) is 4.79 Å². The second-order valence-corrected chi connectivity index (χ2v) is 4.29. The van der Waals surface area contributed by atoms with Crippen LogP contribution in [0.15, 0.2) is 47.6 Å². The van der Waals surface area contributed by atoms with Gasteiger partial charge in [-0.1, -0.05) is 41.5 Å². The van der Waals surface area contributed by atoms with Gasteiger partial charge in [0.25, 0.3) is 0 Å². The van der Waals surface area contributed by atoms with Crippen molar-refractivity contribution in [3.63, 3.8) is 0 Å². The summed E-state index contributed by atoms with van der Waals surface area (Å²) in [6, 6.07) is 12.5. The van der Waals surface area contributed by atoms with Gasteiger partial charge in [-0.2, -0.15) is 0 Å². The first-order chi connectivity index (χ1) is 9.72. The lowest BCUT2D eigenvalue weighted by atomic mass is 10.0. The van der Waals surface area contributed by atoms with Gasteiger partial charge in [-0.25, -0.2) is 0 Å². The molecule has 0 spiro atoms. The predicted molar refractivity (Wildman–Crippen MR) is 76.3 cm³/mol. The number of fused-ring (bicyclic) bond motifs is 1. The monoisotopic (exact) mass is 270 g/mol. The minimum Gasteiger partial charge on any atom is -0.480 e. The number of nitrogens with one attached hydrogen (secondary N) is 1. The molecule has 2 aromatic rings. The Balaban J connectivity index is 2.22. The first-order valence-electron chi connectivity index (χ1n) is 6.18. The van der Waals surface area contributed by atoms with Crippen molar-refractivity contribution in [2.24, 2.45) is 5.11 Å². The molecule has 0 radical (unpaired) electrons. The van der Waals surface area contributed by atoms with Gasteiger partial charge < -0.3 is 10.4 Å². The van der Waals surface area contributed by atoms with Crippen molar-refractivity contribution in [3.05, 3.63) is 58.5 Å². The molecular formula is C14H14N4O2. The van der Waals surface area contributed by atoms with Crippen molar-refractivity contribution < 1.29 is 9.90 Å². The number of hydrogen-bond acceptors (Lipinski definition) is 3. The molecule has 1 unspecified atom stereocenters. The van der Waals surface area contributed by atoms with Crippen molar-refractivity contribution in [1.82, 2.24) is 5.32 Å². The Kier molecular flexibility index (Phi) is 4.55. The molecule has 0 aliphatic carbocycles. The number of rotatable bonds is 6. The van der Waals surface area contributed by atoms with E-state index in [1.807, 2.05) is 36.4 Å². The van der Waals surface area contributed by atoms with E-state index in [1.165, 1.54) is 0 Å². The fourth-order valence-electron chi connectivity index (χ4n) is 2.04.